The number of aromatic amines is 1. The maximum Gasteiger partial charge on any atom is 0.222 e. The third-order valence-corrected chi connectivity index (χ3v) is 3.25. The van der Waals surface area contributed by atoms with Crippen LogP contribution in [0.25, 0.3) is 11.0 Å². The molecule has 0 aliphatic carbocycles. The maximum atomic E-state index is 11.9. The molecular weight excluding hydrogens is 238 g/mol. The number of aromatic nitrogens is 2. The Bertz CT molecular complexity index is 514. The normalized spacial score (nSPS) is 10.8. The summed E-state index contributed by atoms with van der Waals surface area (Å²) in [5.74, 6) is 1.03. The van der Waals surface area contributed by atoms with E-state index in [1.807, 2.05) is 31.3 Å². The topological polar surface area (TPSA) is 49.0 Å². The number of hydrogen-bond donors (Lipinski definition) is 1. The fourth-order valence-corrected chi connectivity index (χ4v) is 2.11. The van der Waals surface area contributed by atoms with Crippen molar-refractivity contribution >= 4 is 16.9 Å². The van der Waals surface area contributed by atoms with Crippen molar-refractivity contribution in [3.8, 4) is 0 Å². The number of para-hydroxylation sites is 2. The number of hydrogen-bond acceptors (Lipinski definition) is 2. The molecule has 1 heterocycles. The molecule has 0 saturated carbocycles. The minimum absolute atomic E-state index is 0.189. The number of unbranched alkanes of at least 4 members (excludes halogenated alkanes) is 2. The quantitative estimate of drug-likeness (QED) is 0.810. The standard InChI is InChI=1S/C15H21N3O/c1-3-4-5-10-15(19)18(2)11-14-16-12-8-6-7-9-13(12)17-14/h6-9H,3-5,10-11H2,1-2H3,(H,16,17). The van der Waals surface area contributed by atoms with Gasteiger partial charge in [-0.05, 0) is 18.6 Å². The largest absolute Gasteiger partial charge is 0.340 e. The minimum Gasteiger partial charge on any atom is -0.340 e. The van der Waals surface area contributed by atoms with E-state index in [0.29, 0.717) is 13.0 Å². The van der Waals surface area contributed by atoms with Crippen LogP contribution in [-0.2, 0) is 11.3 Å². The maximum absolute atomic E-state index is 11.9. The molecule has 0 atom stereocenters. The molecule has 2 rings (SSSR count). The van der Waals surface area contributed by atoms with Gasteiger partial charge in [-0.25, -0.2) is 4.98 Å². The molecule has 1 aromatic carbocycles. The highest BCUT2D eigenvalue weighted by Crippen LogP contribution is 2.12. The average molecular weight is 259 g/mol. The van der Waals surface area contributed by atoms with Crippen LogP contribution in [0.5, 0.6) is 0 Å². The minimum atomic E-state index is 0.189. The van der Waals surface area contributed by atoms with Crippen LogP contribution in [0.2, 0.25) is 0 Å². The van der Waals surface area contributed by atoms with E-state index >= 15 is 0 Å². The van der Waals surface area contributed by atoms with Gasteiger partial charge in [0.2, 0.25) is 5.91 Å². The Morgan fingerprint density at radius 1 is 1.32 bits per heavy atom. The molecule has 19 heavy (non-hydrogen) atoms. The van der Waals surface area contributed by atoms with Crippen molar-refractivity contribution in [3.63, 3.8) is 0 Å². The number of imidazole rings is 1. The van der Waals surface area contributed by atoms with Crippen molar-refractivity contribution in [3.05, 3.63) is 30.1 Å². The summed E-state index contributed by atoms with van der Waals surface area (Å²) in [5.41, 5.74) is 1.97. The molecule has 1 amide bonds. The summed E-state index contributed by atoms with van der Waals surface area (Å²) in [6.45, 7) is 2.68. The zero-order chi connectivity index (χ0) is 13.7. The van der Waals surface area contributed by atoms with E-state index in [0.717, 1.165) is 36.1 Å². The molecule has 0 aliphatic rings. The number of fused-ring (bicyclic) bond motifs is 1. The first-order valence-corrected chi connectivity index (χ1v) is 6.88. The second-order valence-corrected chi connectivity index (χ2v) is 4.91. The molecule has 0 bridgehead atoms. The number of H-pyrrole nitrogens is 1. The summed E-state index contributed by atoms with van der Waals surface area (Å²) in [7, 11) is 1.83. The van der Waals surface area contributed by atoms with Crippen LogP contribution < -0.4 is 0 Å². The Hall–Kier alpha value is -1.84. The first kappa shape index (κ1) is 13.6. The van der Waals surface area contributed by atoms with Crippen LogP contribution >= 0.6 is 0 Å². The molecule has 0 unspecified atom stereocenters. The molecule has 1 aromatic heterocycles. The smallest absolute Gasteiger partial charge is 0.222 e. The Balaban J connectivity index is 1.94. The zero-order valence-electron chi connectivity index (χ0n) is 11.6. The summed E-state index contributed by atoms with van der Waals surface area (Å²) in [6.07, 6.45) is 3.86. The van der Waals surface area contributed by atoms with E-state index in [1.165, 1.54) is 0 Å². The van der Waals surface area contributed by atoms with Crippen LogP contribution in [0.15, 0.2) is 24.3 Å². The second-order valence-electron chi connectivity index (χ2n) is 4.91. The monoisotopic (exact) mass is 259 g/mol. The van der Waals surface area contributed by atoms with Crippen molar-refractivity contribution in [2.45, 2.75) is 39.2 Å². The van der Waals surface area contributed by atoms with E-state index in [9.17, 15) is 4.79 Å². The van der Waals surface area contributed by atoms with E-state index < -0.39 is 0 Å². The molecule has 102 valence electrons. The van der Waals surface area contributed by atoms with Gasteiger partial charge < -0.3 is 9.88 Å². The summed E-state index contributed by atoms with van der Waals surface area (Å²) in [6, 6.07) is 7.91. The van der Waals surface area contributed by atoms with Crippen LogP contribution in [0.1, 0.15) is 38.4 Å². The van der Waals surface area contributed by atoms with Gasteiger partial charge in [-0.15, -0.1) is 0 Å². The first-order valence-electron chi connectivity index (χ1n) is 6.88. The molecule has 0 spiro atoms. The fourth-order valence-electron chi connectivity index (χ4n) is 2.11. The number of nitrogens with one attached hydrogen (secondary N) is 1. The van der Waals surface area contributed by atoms with Gasteiger partial charge in [0.15, 0.2) is 0 Å². The SMILES string of the molecule is CCCCCC(=O)N(C)Cc1nc2ccccc2[nH]1. The van der Waals surface area contributed by atoms with E-state index in [-0.39, 0.29) is 5.91 Å². The van der Waals surface area contributed by atoms with Gasteiger partial charge in [-0.1, -0.05) is 31.9 Å². The summed E-state index contributed by atoms with van der Waals surface area (Å²) >= 11 is 0. The average Bonchev–Trinajstić information content (AvgIpc) is 2.80. The first-order chi connectivity index (χ1) is 9.20. The second kappa shape index (κ2) is 6.36. The van der Waals surface area contributed by atoms with Crippen LogP contribution in [0.3, 0.4) is 0 Å². The molecule has 0 fully saturated rings. The van der Waals surface area contributed by atoms with Gasteiger partial charge in [-0.2, -0.15) is 0 Å². The van der Waals surface area contributed by atoms with E-state index in [2.05, 4.69) is 16.9 Å². The molecule has 4 nitrogen and oxygen atoms in total. The Morgan fingerprint density at radius 3 is 2.84 bits per heavy atom. The predicted octanol–water partition coefficient (Wildman–Crippen LogP) is 3.10. The van der Waals surface area contributed by atoms with E-state index in [4.69, 9.17) is 0 Å². The Labute approximate surface area is 113 Å². The lowest BCUT2D eigenvalue weighted by molar-refractivity contribution is -0.130. The van der Waals surface area contributed by atoms with Gasteiger partial charge in [0.1, 0.15) is 5.82 Å². The fraction of sp³-hybridized carbons (Fsp3) is 0.467. The van der Waals surface area contributed by atoms with Crippen LogP contribution in [-0.4, -0.2) is 27.8 Å². The summed E-state index contributed by atoms with van der Waals surface area (Å²) < 4.78 is 0. The predicted molar refractivity (Wildman–Crippen MR) is 76.7 cm³/mol. The van der Waals surface area contributed by atoms with Crippen LogP contribution in [0.4, 0.5) is 0 Å². The van der Waals surface area contributed by atoms with Crippen molar-refractivity contribution in [2.75, 3.05) is 7.05 Å². The van der Waals surface area contributed by atoms with E-state index in [1.54, 1.807) is 4.90 Å². The highest BCUT2D eigenvalue weighted by molar-refractivity contribution is 5.76. The molecule has 0 saturated heterocycles. The Morgan fingerprint density at radius 2 is 2.11 bits per heavy atom. The molecule has 1 N–H and O–H groups in total. The lowest BCUT2D eigenvalue weighted by atomic mass is 10.2. The number of rotatable bonds is 6. The Kier molecular flexibility index (Phi) is 4.55. The molecule has 2 aromatic rings. The van der Waals surface area contributed by atoms with Gasteiger partial charge in [-0.3, -0.25) is 4.79 Å². The summed E-state index contributed by atoms with van der Waals surface area (Å²) in [4.78, 5) is 21.4. The molecule has 4 heteroatoms. The number of benzene rings is 1. The number of nitrogens with zero attached hydrogens (tertiary/aromatic N) is 2. The zero-order valence-corrected chi connectivity index (χ0v) is 11.6. The van der Waals surface area contributed by atoms with Gasteiger partial charge in [0.05, 0.1) is 17.6 Å². The lowest BCUT2D eigenvalue weighted by Gasteiger charge is -2.15. The van der Waals surface area contributed by atoms with Crippen molar-refractivity contribution in [2.24, 2.45) is 0 Å². The highest BCUT2D eigenvalue weighted by atomic mass is 16.2. The van der Waals surface area contributed by atoms with Gasteiger partial charge >= 0.3 is 0 Å². The van der Waals surface area contributed by atoms with Crippen molar-refractivity contribution in [1.29, 1.82) is 0 Å². The lowest BCUT2D eigenvalue weighted by Crippen LogP contribution is -2.26. The van der Waals surface area contributed by atoms with Crippen LogP contribution in [0, 0.1) is 0 Å². The summed E-state index contributed by atoms with van der Waals surface area (Å²) in [5, 5.41) is 0. The van der Waals surface area contributed by atoms with Crippen molar-refractivity contribution in [1.82, 2.24) is 14.9 Å². The number of carbonyl (C=O) groups is 1. The third-order valence-electron chi connectivity index (χ3n) is 3.25. The molecule has 0 radical (unpaired) electrons. The number of carbonyl (C=O) groups excluding carboxylic acids is 1. The highest BCUT2D eigenvalue weighted by Gasteiger charge is 2.11. The molecule has 0 aliphatic heterocycles. The van der Waals surface area contributed by atoms with Gasteiger partial charge in [0, 0.05) is 13.5 Å². The third kappa shape index (κ3) is 3.56. The number of amides is 1. The molecular formula is C15H21N3O. The van der Waals surface area contributed by atoms with Gasteiger partial charge in [0.25, 0.3) is 0 Å². The van der Waals surface area contributed by atoms with Crippen molar-refractivity contribution < 1.29 is 4.79 Å².